The van der Waals surface area contributed by atoms with E-state index in [0.29, 0.717) is 0 Å². The van der Waals surface area contributed by atoms with Crippen LogP contribution in [0.1, 0.15) is 72.0 Å². The number of carbonyl (C=O) groups excluding carboxylic acids is 1. The number of aryl methyl sites for hydroxylation is 4. The second-order valence-electron chi connectivity index (χ2n) is 33.6. The first kappa shape index (κ1) is 98.5. The number of hydrogen-bond donors (Lipinski definition) is 1. The van der Waals surface area contributed by atoms with E-state index in [1.165, 1.54) is 118 Å². The first-order valence-electron chi connectivity index (χ1n) is 49.5. The number of carbonyl (C=O) groups is 1. The molecule has 1 N–H and O–H groups in total. The number of ketones is 1. The van der Waals surface area contributed by atoms with Gasteiger partial charge in [0, 0.05) is 206 Å². The Morgan fingerprint density at radius 1 is 0.400 bits per heavy atom. The Balaban J connectivity index is 0.000000156. The molecule has 1 aliphatic carbocycles. The van der Waals surface area contributed by atoms with Crippen molar-refractivity contribution >= 4 is 87.2 Å². The SMILES string of the molecule is CC(=O)C=C(C)O.CC1(C)c2ccc[c-]c2-c2nccc3cccc1c23.Cc1ccc(-c2[c-]cccc2)nc1.Cc1ccc2c(c1)c1ccc[c-]c1c1ncc(-c3c(C)cccc3C)n21.[2H]c1[c-]c(-c2nc([2H])c([2H])c([2H])c2[2H])c([2H])c([2H])c1[2H].[Ir].[Ir].[Ir].[Ir].[Ir].[Ir].[c-]1ccccc1-c1nc2ccccc2n1-c1cccc2ccccc12.[c-]1ccccc1-c1nccc2ccccc12.[c-]1ccccc1-c1nccn1-c1cccc2ccccc12. The summed E-state index contributed by atoms with van der Waals surface area (Å²) in [5, 5.41) is 21.7. The molecule has 0 bridgehead atoms. The van der Waals surface area contributed by atoms with Gasteiger partial charge in [-0.15, -0.1) is 244 Å². The van der Waals surface area contributed by atoms with Crippen molar-refractivity contribution < 1.29 is 141 Å². The molecule has 145 heavy (non-hydrogen) atoms. The molecule has 8 aromatic heterocycles. The number of benzene rings is 16. The summed E-state index contributed by atoms with van der Waals surface area (Å²) in [6.07, 6.45) is 12.1. The number of imidazole rings is 3. The van der Waals surface area contributed by atoms with Gasteiger partial charge in [0.2, 0.25) is 0 Å². The van der Waals surface area contributed by atoms with Gasteiger partial charge in [-0.05, 0) is 181 Å². The van der Waals surface area contributed by atoms with Gasteiger partial charge in [-0.1, -0.05) is 207 Å². The second-order valence-corrected chi connectivity index (χ2v) is 33.6. The van der Waals surface area contributed by atoms with Gasteiger partial charge >= 0.3 is 0 Å². The number of allylic oxidation sites excluding steroid dienone is 2. The van der Waals surface area contributed by atoms with Gasteiger partial charge in [-0.25, -0.2) is 0 Å². The maximum absolute atomic E-state index is 10.0. The van der Waals surface area contributed by atoms with Crippen LogP contribution in [0.3, 0.4) is 0 Å². The van der Waals surface area contributed by atoms with Crippen molar-refractivity contribution in [3.8, 4) is 90.4 Å². The molecule has 24 aromatic rings. The smallest absolute Gasteiger partial charge is 0.155 e. The molecule has 0 atom stereocenters. The predicted molar refractivity (Wildman–Crippen MR) is 570 cm³/mol. The predicted octanol–water partition coefficient (Wildman–Crippen LogP) is 30.6. The quantitative estimate of drug-likeness (QED) is 0.0647. The Bertz CT molecular complexity index is 8920. The Kier molecular flexibility index (Phi) is 35.4. The molecule has 8 heterocycles. The minimum atomic E-state index is -0.526. The Hall–Kier alpha value is -13.8. The molecule has 25 rings (SSSR count). The summed E-state index contributed by atoms with van der Waals surface area (Å²) >= 11 is 0. The molecule has 0 aliphatic heterocycles. The number of rotatable bonds is 9. The summed E-state index contributed by atoms with van der Waals surface area (Å²) in [5.74, 6) is 1.76. The molecular formula is C127H97Ir6N10O2-7. The molecule has 728 valence electrons. The van der Waals surface area contributed by atoms with E-state index in [1.807, 2.05) is 178 Å². The first-order chi connectivity index (χ1) is 71.4. The van der Waals surface area contributed by atoms with E-state index in [1.54, 1.807) is 0 Å². The van der Waals surface area contributed by atoms with E-state index in [2.05, 4.69) is 328 Å². The number of aliphatic hydroxyl groups excluding tert-OH is 1. The summed E-state index contributed by atoms with van der Waals surface area (Å²) < 4.78 is 67.0. The van der Waals surface area contributed by atoms with Gasteiger partial charge in [0.25, 0.3) is 0 Å². The van der Waals surface area contributed by atoms with Crippen molar-refractivity contribution in [2.45, 2.75) is 60.8 Å². The summed E-state index contributed by atoms with van der Waals surface area (Å²) in [6.45, 7) is 15.9. The van der Waals surface area contributed by atoms with Crippen LogP contribution < -0.4 is 0 Å². The van der Waals surface area contributed by atoms with Crippen LogP contribution in [0.25, 0.3) is 172 Å². The number of aromatic nitrogens is 10. The van der Waals surface area contributed by atoms with Crippen molar-refractivity contribution in [3.63, 3.8) is 0 Å². The van der Waals surface area contributed by atoms with Crippen LogP contribution >= 0.6 is 0 Å². The number of hydrogen-bond acceptors (Lipinski definition) is 9. The van der Waals surface area contributed by atoms with Crippen molar-refractivity contribution in [1.29, 1.82) is 0 Å². The average molecular weight is 2960 g/mol. The third-order valence-corrected chi connectivity index (χ3v) is 23.8. The van der Waals surface area contributed by atoms with Crippen molar-refractivity contribution in [2.75, 3.05) is 0 Å². The third-order valence-electron chi connectivity index (χ3n) is 23.8. The Morgan fingerprint density at radius 3 is 1.61 bits per heavy atom. The number of para-hydroxylation sites is 2. The summed E-state index contributed by atoms with van der Waals surface area (Å²) in [6, 6.07) is 137. The summed E-state index contributed by atoms with van der Waals surface area (Å²) in [5.41, 5.74) is 24.4. The molecule has 12 nitrogen and oxygen atoms in total. The number of nitrogens with zero attached hydrogens (tertiary/aromatic N) is 10. The first-order valence-corrected chi connectivity index (χ1v) is 45.5. The Morgan fingerprint density at radius 2 is 0.945 bits per heavy atom. The van der Waals surface area contributed by atoms with E-state index in [-0.39, 0.29) is 149 Å². The van der Waals surface area contributed by atoms with Crippen LogP contribution in [-0.4, -0.2) is 59.3 Å². The molecule has 16 aromatic carbocycles. The maximum atomic E-state index is 10.0. The molecule has 6 radical (unpaired) electrons. The van der Waals surface area contributed by atoms with Crippen LogP contribution in [0.15, 0.2) is 443 Å². The van der Waals surface area contributed by atoms with Gasteiger partial charge in [0.1, 0.15) is 0 Å². The van der Waals surface area contributed by atoms with Crippen LogP contribution in [0.4, 0.5) is 0 Å². The normalized spacial score (nSPS) is 11.8. The topological polar surface area (TPSA) is 142 Å². The maximum Gasteiger partial charge on any atom is 0.155 e. The zero-order valence-electron chi connectivity index (χ0n) is 87.8. The fourth-order valence-electron chi connectivity index (χ4n) is 17.4. The number of aliphatic hydroxyl groups is 1. The molecule has 1 aliphatic rings. The van der Waals surface area contributed by atoms with Crippen molar-refractivity contribution in [2.24, 2.45) is 0 Å². The standard InChI is InChI=1S/C24H19N2.C23H15N2.C19H13N2.C18H14N.C15H10N.C12H10N.C11H8N.C5H8O2.6Ir/c1-15-11-12-21-20(13-15)18-9-4-5-10-19(18)24-25-14-22(26(21)24)23-16(2)7-6-8-17(23)3;1-2-10-18(11-3-1)23-24-20-14-6-7-15-22(20)25(23)21-16-8-12-17-9-4-5-13-19(17)21;1-2-8-16(9-3-1)19-20-13-14-21(19)18-12-6-10-15-7-4-5-11-17(15)18;1-18(2)14-8-4-3-7-13(14)17-16-12(10-11-19-17)6-5-9-15(16)18;1-2-7-13(8-3-1)15-14-9-5-4-6-12(14)10-11-16-15;1-10-7-8-12(13-9-10)11-5-3-2-4-6-11;1-2-6-10(7-3-1)11-8-4-5-9-12-11;1-4(6)3-5(2)7;;;;;;/h4-9,11-14H,1-3H3;1-10,12-16H;1-8,10-14H;3-6,8-11H,1-2H3;1-7,9-11H;2-5,7-9H,1H3;1-6,8-9H;3,6H,1-2H3;;;;;;/q7*-1;;;;;;;/i;;;;;;1D,2D,3D,4D,5D,6D,8D,9D;;;;;;;. The Labute approximate surface area is 938 Å². The van der Waals surface area contributed by atoms with Crippen LogP contribution in [0.5, 0.6) is 0 Å². The van der Waals surface area contributed by atoms with Crippen LogP contribution in [-0.2, 0) is 131 Å². The van der Waals surface area contributed by atoms with Crippen LogP contribution in [0.2, 0.25) is 0 Å². The summed E-state index contributed by atoms with van der Waals surface area (Å²) in [7, 11) is 0. The molecule has 0 amide bonds. The molecule has 18 heteroatoms. The van der Waals surface area contributed by atoms with E-state index in [4.69, 9.17) is 26.0 Å². The molecule has 0 saturated carbocycles. The van der Waals surface area contributed by atoms with E-state index in [9.17, 15) is 4.79 Å². The van der Waals surface area contributed by atoms with Gasteiger partial charge in [0.15, 0.2) is 5.78 Å². The molecule has 0 fully saturated rings. The summed E-state index contributed by atoms with van der Waals surface area (Å²) in [4.78, 5) is 41.3. The van der Waals surface area contributed by atoms with Crippen molar-refractivity contribution in [3.05, 3.63) is 519 Å². The monoisotopic (exact) mass is 2960 g/mol. The van der Waals surface area contributed by atoms with Crippen LogP contribution in [0, 0.1) is 70.2 Å². The van der Waals surface area contributed by atoms with Gasteiger partial charge < -0.3 is 38.6 Å². The van der Waals surface area contributed by atoms with E-state index >= 15 is 0 Å². The van der Waals surface area contributed by atoms with Crippen molar-refractivity contribution in [1.82, 2.24) is 48.4 Å². The third kappa shape index (κ3) is 25.4. The van der Waals surface area contributed by atoms with Gasteiger partial charge in [-0.3, -0.25) is 19.7 Å². The fourth-order valence-corrected chi connectivity index (χ4v) is 17.4. The molecule has 0 spiro atoms. The van der Waals surface area contributed by atoms with E-state index in [0.717, 1.165) is 95.7 Å². The number of pyridine rings is 5. The fraction of sp³-hybridized carbons (Fsp3) is 0.0709. The van der Waals surface area contributed by atoms with Gasteiger partial charge in [-0.2, -0.15) is 0 Å². The van der Waals surface area contributed by atoms with E-state index < -0.39 is 48.5 Å². The number of fused-ring (bicyclic) bond motifs is 12. The minimum absolute atomic E-state index is 0. The largest absolute Gasteiger partial charge is 0.512 e. The zero-order valence-corrected chi connectivity index (χ0v) is 94.1. The molecule has 0 saturated heterocycles. The zero-order chi connectivity index (χ0) is 103. The molecular weight excluding hydrogens is 2850 g/mol. The average Bonchev–Trinajstić information content (AvgIpc) is 1.42. The molecule has 0 unspecified atom stereocenters. The minimum Gasteiger partial charge on any atom is -0.512 e. The second kappa shape index (κ2) is 52.1. The van der Waals surface area contributed by atoms with Gasteiger partial charge in [0.05, 0.1) is 45.3 Å².